The summed E-state index contributed by atoms with van der Waals surface area (Å²) in [5, 5.41) is 3.60. The monoisotopic (exact) mass is 369 g/mol. The van der Waals surface area contributed by atoms with Crippen molar-refractivity contribution in [3.05, 3.63) is 42.7 Å². The van der Waals surface area contributed by atoms with E-state index in [1.54, 1.807) is 11.2 Å². The molecule has 0 unspecified atom stereocenters. The summed E-state index contributed by atoms with van der Waals surface area (Å²) in [4.78, 5) is 15.9. The third-order valence-electron chi connectivity index (χ3n) is 5.40. The lowest BCUT2D eigenvalue weighted by Crippen LogP contribution is -2.46. The fourth-order valence-corrected chi connectivity index (χ4v) is 3.83. The molecule has 0 saturated carbocycles. The highest BCUT2D eigenvalue weighted by Crippen LogP contribution is 2.25. The van der Waals surface area contributed by atoms with Gasteiger partial charge in [-0.1, -0.05) is 0 Å². The minimum absolute atomic E-state index is 0.170. The first kappa shape index (κ1) is 17.9. The maximum atomic E-state index is 11.6. The lowest BCUT2D eigenvalue weighted by atomic mass is 10.0. The Bertz CT molecular complexity index is 722. The van der Waals surface area contributed by atoms with Gasteiger partial charge in [-0.05, 0) is 55.7 Å². The standard InChI is InChI=1S/C21H27N3O3/c25-21-24(11-2-16-27-21)14-10-22-18-8-12-23(13-9-18)19-6-4-17(5-7-19)20-3-1-15-26-20/h1,3-7,15,18,22H,2,8-14,16H2. The highest BCUT2D eigenvalue weighted by molar-refractivity contribution is 5.68. The van der Waals surface area contributed by atoms with Crippen LogP contribution >= 0.6 is 0 Å². The van der Waals surface area contributed by atoms with Gasteiger partial charge in [-0.3, -0.25) is 0 Å². The van der Waals surface area contributed by atoms with E-state index in [9.17, 15) is 4.79 Å². The van der Waals surface area contributed by atoms with E-state index in [0.717, 1.165) is 63.3 Å². The summed E-state index contributed by atoms with van der Waals surface area (Å²) in [6, 6.07) is 13.0. The van der Waals surface area contributed by atoms with Crippen LogP contribution in [-0.2, 0) is 4.74 Å². The molecule has 27 heavy (non-hydrogen) atoms. The summed E-state index contributed by atoms with van der Waals surface area (Å²) in [6.45, 7) is 5.02. The summed E-state index contributed by atoms with van der Waals surface area (Å²) in [5.41, 5.74) is 2.37. The molecule has 2 aliphatic heterocycles. The Balaban J connectivity index is 1.21. The number of carbonyl (C=O) groups excluding carboxylic acids is 1. The molecule has 0 atom stereocenters. The van der Waals surface area contributed by atoms with Gasteiger partial charge >= 0.3 is 6.09 Å². The van der Waals surface area contributed by atoms with Crippen LogP contribution in [0.3, 0.4) is 0 Å². The number of nitrogens with zero attached hydrogens (tertiary/aromatic N) is 2. The Morgan fingerprint density at radius 3 is 2.59 bits per heavy atom. The van der Waals surface area contributed by atoms with Gasteiger partial charge in [-0.25, -0.2) is 4.79 Å². The lowest BCUT2D eigenvalue weighted by molar-refractivity contribution is 0.0729. The number of cyclic esters (lactones) is 1. The van der Waals surface area contributed by atoms with Crippen molar-refractivity contribution in [3.8, 4) is 11.3 Å². The van der Waals surface area contributed by atoms with E-state index in [1.807, 2.05) is 12.1 Å². The number of nitrogens with one attached hydrogen (secondary N) is 1. The average Bonchev–Trinajstić information content (AvgIpc) is 3.25. The van der Waals surface area contributed by atoms with Gasteiger partial charge in [0.25, 0.3) is 0 Å². The van der Waals surface area contributed by atoms with E-state index in [4.69, 9.17) is 9.15 Å². The van der Waals surface area contributed by atoms with Crippen LogP contribution in [0, 0.1) is 0 Å². The van der Waals surface area contributed by atoms with Gasteiger partial charge in [0.15, 0.2) is 0 Å². The van der Waals surface area contributed by atoms with E-state index in [2.05, 4.69) is 34.5 Å². The van der Waals surface area contributed by atoms with Crippen LogP contribution in [0.25, 0.3) is 11.3 Å². The number of rotatable bonds is 6. The summed E-state index contributed by atoms with van der Waals surface area (Å²) in [5.74, 6) is 0.905. The molecule has 6 nitrogen and oxygen atoms in total. The van der Waals surface area contributed by atoms with Crippen molar-refractivity contribution in [2.24, 2.45) is 0 Å². The minimum Gasteiger partial charge on any atom is -0.464 e. The zero-order valence-electron chi connectivity index (χ0n) is 15.6. The number of furan rings is 1. The molecule has 2 saturated heterocycles. The van der Waals surface area contributed by atoms with Gasteiger partial charge in [0.1, 0.15) is 5.76 Å². The Hall–Kier alpha value is -2.47. The quantitative estimate of drug-likeness (QED) is 0.846. The second kappa shape index (κ2) is 8.48. The molecule has 1 N–H and O–H groups in total. The molecule has 3 heterocycles. The second-order valence-electron chi connectivity index (χ2n) is 7.19. The van der Waals surface area contributed by atoms with Gasteiger partial charge in [0.2, 0.25) is 0 Å². The highest BCUT2D eigenvalue weighted by Gasteiger charge is 2.21. The van der Waals surface area contributed by atoms with Crippen molar-refractivity contribution in [1.82, 2.24) is 10.2 Å². The minimum atomic E-state index is -0.170. The van der Waals surface area contributed by atoms with Crippen molar-refractivity contribution < 1.29 is 13.9 Å². The third-order valence-corrected chi connectivity index (χ3v) is 5.40. The highest BCUT2D eigenvalue weighted by atomic mass is 16.6. The van der Waals surface area contributed by atoms with Crippen LogP contribution in [0.15, 0.2) is 47.1 Å². The van der Waals surface area contributed by atoms with Crippen LogP contribution in [0.1, 0.15) is 19.3 Å². The third kappa shape index (κ3) is 4.45. The van der Waals surface area contributed by atoms with Crippen LogP contribution in [0.5, 0.6) is 0 Å². The Labute approximate surface area is 160 Å². The molecule has 144 valence electrons. The van der Waals surface area contributed by atoms with E-state index in [1.165, 1.54) is 5.69 Å². The van der Waals surface area contributed by atoms with Crippen molar-refractivity contribution in [2.75, 3.05) is 44.2 Å². The maximum Gasteiger partial charge on any atom is 0.409 e. The van der Waals surface area contributed by atoms with Crippen LogP contribution in [-0.4, -0.2) is 56.4 Å². The SMILES string of the molecule is O=C1OCCCN1CCNC1CCN(c2ccc(-c3ccco3)cc2)CC1. The summed E-state index contributed by atoms with van der Waals surface area (Å²) in [6.07, 6.45) is 4.70. The number of carbonyl (C=O) groups is 1. The normalized spacial score (nSPS) is 18.6. The van der Waals surface area contributed by atoms with Crippen molar-refractivity contribution >= 4 is 11.8 Å². The Kier molecular flexibility index (Phi) is 5.63. The first-order chi connectivity index (χ1) is 13.3. The van der Waals surface area contributed by atoms with Crippen LogP contribution in [0.4, 0.5) is 10.5 Å². The molecular weight excluding hydrogens is 342 g/mol. The van der Waals surface area contributed by atoms with Gasteiger partial charge in [-0.15, -0.1) is 0 Å². The fraction of sp³-hybridized carbons (Fsp3) is 0.476. The molecule has 2 aliphatic rings. The molecular formula is C21H27N3O3. The molecule has 0 bridgehead atoms. The largest absolute Gasteiger partial charge is 0.464 e. The van der Waals surface area contributed by atoms with Gasteiger partial charge in [0.05, 0.1) is 12.9 Å². The summed E-state index contributed by atoms with van der Waals surface area (Å²) < 4.78 is 10.5. The average molecular weight is 369 g/mol. The smallest absolute Gasteiger partial charge is 0.409 e. The van der Waals surface area contributed by atoms with Gasteiger partial charge in [-0.2, -0.15) is 0 Å². The van der Waals surface area contributed by atoms with Gasteiger partial charge in [0, 0.05) is 50.0 Å². The van der Waals surface area contributed by atoms with Crippen LogP contribution in [0.2, 0.25) is 0 Å². The maximum absolute atomic E-state index is 11.6. The number of piperidine rings is 1. The Morgan fingerprint density at radius 1 is 1.07 bits per heavy atom. The number of hydrogen-bond acceptors (Lipinski definition) is 5. The van der Waals surface area contributed by atoms with E-state index >= 15 is 0 Å². The zero-order valence-corrected chi connectivity index (χ0v) is 15.6. The first-order valence-corrected chi connectivity index (χ1v) is 9.83. The Morgan fingerprint density at radius 2 is 1.89 bits per heavy atom. The molecule has 6 heteroatoms. The molecule has 2 aromatic rings. The first-order valence-electron chi connectivity index (χ1n) is 9.83. The van der Waals surface area contributed by atoms with Crippen molar-refractivity contribution in [2.45, 2.75) is 25.3 Å². The molecule has 2 fully saturated rings. The molecule has 1 aromatic heterocycles. The van der Waals surface area contributed by atoms with E-state index in [0.29, 0.717) is 12.6 Å². The number of ether oxygens (including phenoxy) is 1. The van der Waals surface area contributed by atoms with Crippen molar-refractivity contribution in [3.63, 3.8) is 0 Å². The topological polar surface area (TPSA) is 58.0 Å². The molecule has 1 aromatic carbocycles. The summed E-state index contributed by atoms with van der Waals surface area (Å²) in [7, 11) is 0. The number of hydrogen-bond donors (Lipinski definition) is 1. The fourth-order valence-electron chi connectivity index (χ4n) is 3.83. The van der Waals surface area contributed by atoms with Crippen LogP contribution < -0.4 is 10.2 Å². The molecule has 1 amide bonds. The van der Waals surface area contributed by atoms with Gasteiger partial charge < -0.3 is 24.3 Å². The molecule has 0 aliphatic carbocycles. The predicted molar refractivity (Wildman–Crippen MR) is 105 cm³/mol. The number of benzene rings is 1. The second-order valence-corrected chi connectivity index (χ2v) is 7.19. The van der Waals surface area contributed by atoms with E-state index < -0.39 is 0 Å². The molecule has 0 radical (unpaired) electrons. The lowest BCUT2D eigenvalue weighted by Gasteiger charge is -2.34. The number of anilines is 1. The molecule has 0 spiro atoms. The predicted octanol–water partition coefficient (Wildman–Crippen LogP) is 3.35. The summed E-state index contributed by atoms with van der Waals surface area (Å²) >= 11 is 0. The molecule has 4 rings (SSSR count). The zero-order chi connectivity index (χ0) is 18.5. The van der Waals surface area contributed by atoms with Crippen molar-refractivity contribution in [1.29, 1.82) is 0 Å². The number of amides is 1. The van der Waals surface area contributed by atoms with E-state index in [-0.39, 0.29) is 6.09 Å².